The predicted octanol–water partition coefficient (Wildman–Crippen LogP) is 7.19. The Bertz CT molecular complexity index is 206. The normalized spacial score (nSPS) is 11.9. The van der Waals surface area contributed by atoms with E-state index >= 15 is 0 Å². The summed E-state index contributed by atoms with van der Waals surface area (Å²) in [6, 6.07) is 0. The van der Waals surface area contributed by atoms with Gasteiger partial charge < -0.3 is 0 Å². The minimum atomic E-state index is 1.12. The molecule has 0 spiro atoms. The molecule has 112 valence electrons. The minimum absolute atomic E-state index is 1.12. The quantitative estimate of drug-likeness (QED) is 0.180. The minimum Gasteiger partial charge on any atom is -0.0928 e. The van der Waals surface area contributed by atoms with Gasteiger partial charge in [0, 0.05) is 5.33 Å². The molecule has 0 aromatic carbocycles. The standard InChI is InChI=1S/C18H33Br/c1-2-3-4-5-6-7-8-9-10-11-12-13-14-15-16-17-18-19/h9-10,12-13H,2-8,11,14-18H2,1H3. The third kappa shape index (κ3) is 18.0. The molecule has 0 aromatic rings. The summed E-state index contributed by atoms with van der Waals surface area (Å²) in [5.74, 6) is 0. The van der Waals surface area contributed by atoms with Crippen molar-refractivity contribution in [3.05, 3.63) is 24.3 Å². The highest BCUT2D eigenvalue weighted by atomic mass is 79.9. The second-order valence-corrected chi connectivity index (χ2v) is 6.07. The van der Waals surface area contributed by atoms with Crippen molar-refractivity contribution >= 4 is 15.9 Å². The highest BCUT2D eigenvalue weighted by Crippen LogP contribution is 2.07. The van der Waals surface area contributed by atoms with Crippen LogP contribution in [0, 0.1) is 0 Å². The van der Waals surface area contributed by atoms with E-state index in [1.807, 2.05) is 0 Å². The molecular weight excluding hydrogens is 296 g/mol. The third-order valence-corrected chi connectivity index (χ3v) is 3.89. The second kappa shape index (κ2) is 18.0. The fourth-order valence-electron chi connectivity index (χ4n) is 2.08. The summed E-state index contributed by atoms with van der Waals surface area (Å²) in [5.41, 5.74) is 0. The van der Waals surface area contributed by atoms with Gasteiger partial charge in [0.25, 0.3) is 0 Å². The first-order chi connectivity index (χ1) is 9.41. The maximum absolute atomic E-state index is 3.46. The Morgan fingerprint density at radius 1 is 0.632 bits per heavy atom. The summed E-state index contributed by atoms with van der Waals surface area (Å²) in [5, 5.41) is 1.15. The van der Waals surface area contributed by atoms with E-state index in [0.717, 1.165) is 11.8 Å². The molecule has 19 heavy (non-hydrogen) atoms. The number of hydrogen-bond donors (Lipinski definition) is 0. The molecule has 0 fully saturated rings. The summed E-state index contributed by atoms with van der Waals surface area (Å²) in [7, 11) is 0. The number of allylic oxidation sites excluding steroid dienone is 4. The molecule has 0 saturated carbocycles. The molecule has 0 atom stereocenters. The average molecular weight is 329 g/mol. The van der Waals surface area contributed by atoms with Crippen molar-refractivity contribution in [2.24, 2.45) is 0 Å². The largest absolute Gasteiger partial charge is 0.0928 e. The second-order valence-electron chi connectivity index (χ2n) is 5.27. The zero-order chi connectivity index (χ0) is 14.0. The van der Waals surface area contributed by atoms with Gasteiger partial charge in [0.05, 0.1) is 0 Å². The van der Waals surface area contributed by atoms with Crippen molar-refractivity contribution < 1.29 is 0 Å². The van der Waals surface area contributed by atoms with Crippen molar-refractivity contribution in [3.8, 4) is 0 Å². The van der Waals surface area contributed by atoms with Gasteiger partial charge in [-0.15, -0.1) is 0 Å². The number of alkyl halides is 1. The molecule has 0 saturated heterocycles. The number of rotatable bonds is 14. The van der Waals surface area contributed by atoms with Crippen molar-refractivity contribution in [3.63, 3.8) is 0 Å². The smallest absolute Gasteiger partial charge is 0.00313 e. The van der Waals surface area contributed by atoms with Gasteiger partial charge in [-0.05, 0) is 38.5 Å². The van der Waals surface area contributed by atoms with E-state index in [0.29, 0.717) is 0 Å². The fraction of sp³-hybridized carbons (Fsp3) is 0.778. The first kappa shape index (κ1) is 19.0. The van der Waals surface area contributed by atoms with Gasteiger partial charge in [-0.2, -0.15) is 0 Å². The van der Waals surface area contributed by atoms with Crippen molar-refractivity contribution in [1.29, 1.82) is 0 Å². The van der Waals surface area contributed by atoms with Crippen LogP contribution in [0.4, 0.5) is 0 Å². The summed E-state index contributed by atoms with van der Waals surface area (Å²) in [4.78, 5) is 0. The Hall–Kier alpha value is -0.0400. The lowest BCUT2D eigenvalue weighted by molar-refractivity contribution is 0.611. The van der Waals surface area contributed by atoms with Crippen LogP contribution in [0.25, 0.3) is 0 Å². The lowest BCUT2D eigenvalue weighted by atomic mass is 10.1. The molecule has 0 aliphatic carbocycles. The molecule has 0 rings (SSSR count). The molecular formula is C18H33Br. The SMILES string of the molecule is CCCCCCCCC=CCC=CCCCCCBr. The maximum Gasteiger partial charge on any atom is 0.00313 e. The Balaban J connectivity index is 3.14. The summed E-state index contributed by atoms with van der Waals surface area (Å²) < 4.78 is 0. The van der Waals surface area contributed by atoms with Crippen molar-refractivity contribution in [2.45, 2.75) is 84.0 Å². The average Bonchev–Trinajstić information content (AvgIpc) is 2.43. The molecule has 0 nitrogen and oxygen atoms in total. The van der Waals surface area contributed by atoms with Crippen LogP contribution in [0.15, 0.2) is 24.3 Å². The van der Waals surface area contributed by atoms with Crippen LogP contribution in [0.1, 0.15) is 84.0 Å². The molecule has 0 bridgehead atoms. The van der Waals surface area contributed by atoms with Gasteiger partial charge in [0.2, 0.25) is 0 Å². The summed E-state index contributed by atoms with van der Waals surface area (Å²) in [6.07, 6.45) is 25.4. The van der Waals surface area contributed by atoms with E-state index in [9.17, 15) is 0 Å². The first-order valence-corrected chi connectivity index (χ1v) is 9.40. The van der Waals surface area contributed by atoms with Gasteiger partial charge >= 0.3 is 0 Å². The van der Waals surface area contributed by atoms with Crippen molar-refractivity contribution in [2.75, 3.05) is 5.33 Å². The lowest BCUT2D eigenvalue weighted by Gasteiger charge is -1.97. The van der Waals surface area contributed by atoms with Gasteiger partial charge in [-0.1, -0.05) is 85.7 Å². The van der Waals surface area contributed by atoms with Crippen molar-refractivity contribution in [1.82, 2.24) is 0 Å². The van der Waals surface area contributed by atoms with Crippen LogP contribution in [0.5, 0.6) is 0 Å². The number of unbranched alkanes of at least 4 members (excludes halogenated alkanes) is 9. The highest BCUT2D eigenvalue weighted by molar-refractivity contribution is 9.09. The zero-order valence-corrected chi connectivity index (χ0v) is 14.5. The van der Waals surface area contributed by atoms with Crippen LogP contribution in [0.3, 0.4) is 0 Å². The molecule has 0 aromatic heterocycles. The van der Waals surface area contributed by atoms with Crippen LogP contribution in [0.2, 0.25) is 0 Å². The molecule has 0 aliphatic heterocycles. The Labute approximate surface area is 129 Å². The molecule has 0 radical (unpaired) electrons. The molecule has 0 aliphatic rings. The maximum atomic E-state index is 3.46. The molecule has 0 unspecified atom stereocenters. The number of halogens is 1. The lowest BCUT2D eigenvalue weighted by Crippen LogP contribution is -1.77. The predicted molar refractivity (Wildman–Crippen MR) is 93.2 cm³/mol. The van der Waals surface area contributed by atoms with Gasteiger partial charge in [0.1, 0.15) is 0 Å². The van der Waals surface area contributed by atoms with Crippen LogP contribution >= 0.6 is 15.9 Å². The van der Waals surface area contributed by atoms with Gasteiger partial charge in [-0.25, -0.2) is 0 Å². The molecule has 0 N–H and O–H groups in total. The molecule has 0 heterocycles. The summed E-state index contributed by atoms with van der Waals surface area (Å²) in [6.45, 7) is 2.28. The van der Waals surface area contributed by atoms with E-state index in [-0.39, 0.29) is 0 Å². The van der Waals surface area contributed by atoms with E-state index < -0.39 is 0 Å². The highest BCUT2D eigenvalue weighted by Gasteiger charge is 1.87. The van der Waals surface area contributed by atoms with E-state index in [1.165, 1.54) is 70.6 Å². The topological polar surface area (TPSA) is 0 Å². The zero-order valence-electron chi connectivity index (χ0n) is 12.9. The summed E-state index contributed by atoms with van der Waals surface area (Å²) >= 11 is 3.46. The van der Waals surface area contributed by atoms with Crippen LogP contribution in [-0.4, -0.2) is 5.33 Å². The van der Waals surface area contributed by atoms with Gasteiger partial charge in [-0.3, -0.25) is 0 Å². The van der Waals surface area contributed by atoms with Crippen LogP contribution in [-0.2, 0) is 0 Å². The number of hydrogen-bond acceptors (Lipinski definition) is 0. The van der Waals surface area contributed by atoms with Gasteiger partial charge in [0.15, 0.2) is 0 Å². The van der Waals surface area contributed by atoms with E-state index in [1.54, 1.807) is 0 Å². The third-order valence-electron chi connectivity index (χ3n) is 3.33. The molecule has 1 heteroatoms. The Kier molecular flexibility index (Phi) is 17.9. The van der Waals surface area contributed by atoms with E-state index in [2.05, 4.69) is 47.2 Å². The first-order valence-electron chi connectivity index (χ1n) is 8.27. The Morgan fingerprint density at radius 2 is 1.16 bits per heavy atom. The Morgan fingerprint density at radius 3 is 1.74 bits per heavy atom. The van der Waals surface area contributed by atoms with Crippen LogP contribution < -0.4 is 0 Å². The molecule has 0 amide bonds. The van der Waals surface area contributed by atoms with E-state index in [4.69, 9.17) is 0 Å². The monoisotopic (exact) mass is 328 g/mol. The fourth-order valence-corrected chi connectivity index (χ4v) is 2.48.